The number of pyridine rings is 1. The number of benzene rings is 1. The number of amides is 1. The maximum atomic E-state index is 14.7. The van der Waals surface area contributed by atoms with Gasteiger partial charge in [-0.2, -0.15) is 0 Å². The number of nitrogens with zero attached hydrogens (tertiary/aromatic N) is 2. The second-order valence-corrected chi connectivity index (χ2v) is 10.4. The van der Waals surface area contributed by atoms with E-state index in [1.807, 2.05) is 0 Å². The fraction of sp³-hybridized carbons (Fsp3) is 0.235. The first-order chi connectivity index (χ1) is 14.2. The van der Waals surface area contributed by atoms with Gasteiger partial charge < -0.3 is 15.7 Å². The van der Waals surface area contributed by atoms with Gasteiger partial charge in [0.25, 0.3) is 5.91 Å². The van der Waals surface area contributed by atoms with Gasteiger partial charge in [-0.15, -0.1) is 0 Å². The molecule has 1 aromatic carbocycles. The lowest BCUT2D eigenvalue weighted by atomic mass is 9.49. The standard InChI is InChI=1S/C17H21B3FN5O4S/c1-16(8-31(29,30)26(15(22)25-16)17(18,19)20)11-6-9(2-4-12(11)21)24-14(28)13-5-3-10(27)7-23-13/h2-7,27H,8,18-20H2,1H3,(H2,22,25)(H,24,28)/t16-/m0/s1. The van der Waals surface area contributed by atoms with E-state index in [0.29, 0.717) is 0 Å². The first-order valence-electron chi connectivity index (χ1n) is 9.39. The van der Waals surface area contributed by atoms with Gasteiger partial charge in [-0.05, 0) is 42.5 Å². The number of aromatic hydroxyl groups is 1. The number of guanidine groups is 1. The van der Waals surface area contributed by atoms with Gasteiger partial charge in [0.15, 0.2) is 0 Å². The zero-order chi connectivity index (χ0) is 23.2. The van der Waals surface area contributed by atoms with E-state index >= 15 is 0 Å². The van der Waals surface area contributed by atoms with Crippen LogP contribution in [-0.4, -0.2) is 69.2 Å². The van der Waals surface area contributed by atoms with Crippen LogP contribution in [0.1, 0.15) is 23.0 Å². The van der Waals surface area contributed by atoms with Gasteiger partial charge in [-0.25, -0.2) is 17.8 Å². The summed E-state index contributed by atoms with van der Waals surface area (Å²) in [6.45, 7) is 1.49. The van der Waals surface area contributed by atoms with E-state index in [0.717, 1.165) is 16.6 Å². The summed E-state index contributed by atoms with van der Waals surface area (Å²) in [6, 6.07) is 6.42. The van der Waals surface area contributed by atoms with Gasteiger partial charge in [0.1, 0.15) is 40.8 Å². The Balaban J connectivity index is 1.93. The van der Waals surface area contributed by atoms with E-state index in [1.54, 1.807) is 23.5 Å². The van der Waals surface area contributed by atoms with Gasteiger partial charge >= 0.3 is 0 Å². The van der Waals surface area contributed by atoms with Crippen LogP contribution in [0.3, 0.4) is 0 Å². The lowest BCUT2D eigenvalue weighted by Gasteiger charge is -2.47. The molecule has 3 rings (SSSR count). The highest BCUT2D eigenvalue weighted by Crippen LogP contribution is 2.33. The van der Waals surface area contributed by atoms with E-state index in [1.165, 1.54) is 31.2 Å². The molecule has 1 saturated heterocycles. The molecule has 1 atom stereocenters. The van der Waals surface area contributed by atoms with E-state index in [-0.39, 0.29) is 28.7 Å². The predicted octanol–water partition coefficient (Wildman–Crippen LogP) is -1.93. The van der Waals surface area contributed by atoms with Crippen LogP contribution in [0.5, 0.6) is 5.75 Å². The van der Waals surface area contributed by atoms with Crippen LogP contribution in [0.2, 0.25) is 0 Å². The van der Waals surface area contributed by atoms with E-state index in [2.05, 4.69) is 15.6 Å². The second kappa shape index (κ2) is 7.59. The summed E-state index contributed by atoms with van der Waals surface area (Å²) in [6.07, 6.45) is 1.12. The Hall–Kier alpha value is -3.02. The zero-order valence-corrected chi connectivity index (χ0v) is 18.3. The minimum atomic E-state index is -3.93. The molecule has 4 N–H and O–H groups in total. The van der Waals surface area contributed by atoms with E-state index in [4.69, 9.17) is 5.41 Å². The van der Waals surface area contributed by atoms with Crippen molar-refractivity contribution in [2.24, 2.45) is 0 Å². The number of sulfonamides is 1. The smallest absolute Gasteiger partial charge is 0.274 e. The average molecular weight is 443 g/mol. The summed E-state index contributed by atoms with van der Waals surface area (Å²) < 4.78 is 41.6. The minimum Gasteiger partial charge on any atom is -0.506 e. The van der Waals surface area contributed by atoms with E-state index < -0.39 is 38.3 Å². The Bertz CT molecular complexity index is 1160. The maximum absolute atomic E-state index is 14.7. The van der Waals surface area contributed by atoms with Crippen molar-refractivity contribution in [3.05, 3.63) is 53.6 Å². The minimum absolute atomic E-state index is 0.00847. The third-order valence-corrected chi connectivity index (χ3v) is 6.98. The number of rotatable bonds is 4. The number of hydrogen-bond donors (Lipinski definition) is 4. The van der Waals surface area contributed by atoms with Crippen molar-refractivity contribution in [3.8, 4) is 5.75 Å². The van der Waals surface area contributed by atoms with Gasteiger partial charge in [0.2, 0.25) is 16.0 Å². The normalized spacial score (nSPS) is 20.7. The van der Waals surface area contributed by atoms with Crippen LogP contribution in [-0.2, 0) is 15.6 Å². The molecule has 0 saturated carbocycles. The summed E-state index contributed by atoms with van der Waals surface area (Å²) in [5.74, 6) is -2.19. The van der Waals surface area contributed by atoms with Crippen molar-refractivity contribution in [2.45, 2.75) is 17.7 Å². The molecule has 2 heterocycles. The Kier molecular flexibility index (Phi) is 5.55. The third-order valence-electron chi connectivity index (χ3n) is 4.76. The van der Waals surface area contributed by atoms with Crippen LogP contribution in [0, 0.1) is 11.2 Å². The van der Waals surface area contributed by atoms with E-state index in [9.17, 15) is 22.7 Å². The lowest BCUT2D eigenvalue weighted by Crippen LogP contribution is -2.69. The van der Waals surface area contributed by atoms with Gasteiger partial charge in [0, 0.05) is 11.3 Å². The summed E-state index contributed by atoms with van der Waals surface area (Å²) in [5, 5.41) is 22.1. The van der Waals surface area contributed by atoms with Crippen molar-refractivity contribution >= 4 is 51.1 Å². The highest BCUT2D eigenvalue weighted by Gasteiger charge is 2.47. The number of anilines is 1. The molecular formula is C17H21B3FN5O4S. The molecule has 0 radical (unpaired) electrons. The van der Waals surface area contributed by atoms with Crippen molar-refractivity contribution in [1.82, 2.24) is 14.6 Å². The van der Waals surface area contributed by atoms with Crippen molar-refractivity contribution in [2.75, 3.05) is 11.1 Å². The maximum Gasteiger partial charge on any atom is 0.274 e. The van der Waals surface area contributed by atoms with Crippen LogP contribution in [0.15, 0.2) is 36.5 Å². The van der Waals surface area contributed by atoms with Crippen molar-refractivity contribution < 1.29 is 22.7 Å². The monoisotopic (exact) mass is 443 g/mol. The number of carbonyl (C=O) groups is 1. The van der Waals surface area contributed by atoms with Crippen LogP contribution < -0.4 is 10.6 Å². The lowest BCUT2D eigenvalue weighted by molar-refractivity contribution is 0.102. The molecule has 14 heteroatoms. The van der Waals surface area contributed by atoms with Crippen LogP contribution in [0.25, 0.3) is 0 Å². The SMILES string of the molecule is BC(B)(B)N1C(=N)N[C@](C)(c2cc(NC(=O)c3ccc(O)cn3)ccc2F)CS1(=O)=O. The molecule has 1 fully saturated rings. The number of nitrogens with one attached hydrogen (secondary N) is 3. The Labute approximate surface area is 182 Å². The Morgan fingerprint density at radius 1 is 1.35 bits per heavy atom. The summed E-state index contributed by atoms with van der Waals surface area (Å²) >= 11 is 0. The van der Waals surface area contributed by atoms with Gasteiger partial charge in [0.05, 0.1) is 17.5 Å². The number of hydrogen-bond acceptors (Lipinski definition) is 6. The van der Waals surface area contributed by atoms with Gasteiger partial charge in [-0.1, -0.05) is 0 Å². The van der Waals surface area contributed by atoms with Crippen LogP contribution in [0.4, 0.5) is 10.1 Å². The van der Waals surface area contributed by atoms with Gasteiger partial charge in [-0.3, -0.25) is 14.5 Å². The highest BCUT2D eigenvalue weighted by molar-refractivity contribution is 7.90. The molecule has 1 aliphatic rings. The molecule has 31 heavy (non-hydrogen) atoms. The summed E-state index contributed by atoms with van der Waals surface area (Å²) in [7, 11) is 1.07. The largest absolute Gasteiger partial charge is 0.506 e. The zero-order valence-electron chi connectivity index (χ0n) is 17.5. The molecule has 2 aromatic rings. The van der Waals surface area contributed by atoms with Crippen molar-refractivity contribution in [1.29, 1.82) is 5.41 Å². The fourth-order valence-electron chi connectivity index (χ4n) is 3.56. The quantitative estimate of drug-likeness (QED) is 0.407. The molecule has 1 aromatic heterocycles. The highest BCUT2D eigenvalue weighted by atomic mass is 32.2. The first-order valence-corrected chi connectivity index (χ1v) is 11.0. The molecule has 0 aliphatic carbocycles. The second-order valence-electron chi connectivity index (χ2n) is 8.55. The predicted molar refractivity (Wildman–Crippen MR) is 122 cm³/mol. The number of carbonyl (C=O) groups excluding carboxylic acids is 1. The summed E-state index contributed by atoms with van der Waals surface area (Å²) in [5.41, 5.74) is -1.18. The molecule has 9 nitrogen and oxygen atoms in total. The molecule has 0 unspecified atom stereocenters. The van der Waals surface area contributed by atoms with Crippen LogP contribution >= 0.6 is 0 Å². The first kappa shape index (κ1) is 22.7. The molecule has 0 bridgehead atoms. The molecule has 160 valence electrons. The fourth-order valence-corrected chi connectivity index (χ4v) is 5.80. The topological polar surface area (TPSA) is 135 Å². The molecular weight excluding hydrogens is 422 g/mol. The molecule has 0 spiro atoms. The number of aromatic nitrogens is 1. The Morgan fingerprint density at radius 3 is 2.58 bits per heavy atom. The third kappa shape index (κ3) is 4.53. The summed E-state index contributed by atoms with van der Waals surface area (Å²) in [4.78, 5) is 16.2. The Morgan fingerprint density at radius 2 is 2.03 bits per heavy atom. The van der Waals surface area contributed by atoms with Crippen molar-refractivity contribution in [3.63, 3.8) is 0 Å². The average Bonchev–Trinajstić information content (AvgIpc) is 2.60. The number of halogens is 1. The molecule has 1 amide bonds. The molecule has 1 aliphatic heterocycles.